The van der Waals surface area contributed by atoms with Crippen molar-refractivity contribution in [1.82, 2.24) is 25.0 Å². The van der Waals surface area contributed by atoms with Gasteiger partial charge in [0.15, 0.2) is 11.7 Å². The number of piperidine rings is 1. The molecule has 0 bridgehead atoms. The van der Waals surface area contributed by atoms with Gasteiger partial charge in [-0.1, -0.05) is 12.0 Å². The van der Waals surface area contributed by atoms with E-state index in [1.54, 1.807) is 45.3 Å². The summed E-state index contributed by atoms with van der Waals surface area (Å²) >= 11 is 0. The highest BCUT2D eigenvalue weighted by Gasteiger charge is 2.60. The Balaban J connectivity index is 1.64. The topological polar surface area (TPSA) is 111 Å². The van der Waals surface area contributed by atoms with E-state index in [2.05, 4.69) is 27.0 Å². The number of alkyl carbamates (subject to hydrolysis) is 1. The second-order valence-corrected chi connectivity index (χ2v) is 10.6. The Morgan fingerprint density at radius 1 is 1.30 bits per heavy atom. The van der Waals surface area contributed by atoms with Gasteiger partial charge in [0, 0.05) is 32.4 Å². The molecule has 3 atom stereocenters. The molecule has 4 heterocycles. The summed E-state index contributed by atoms with van der Waals surface area (Å²) in [5.74, 6) is 6.42. The molecule has 37 heavy (non-hydrogen) atoms. The molecule has 2 fully saturated rings. The SMILES string of the molecule is CC#CCN1C(N2CCC[C@@H](NC(=O)OC(C)(C)C)C2)=NC2(C)C1C(=O)N(c1ccccn1)C(=O)N2C. The number of imide groups is 1. The van der Waals surface area contributed by atoms with Crippen LogP contribution in [0.1, 0.15) is 47.5 Å². The van der Waals surface area contributed by atoms with E-state index in [1.165, 1.54) is 4.90 Å². The lowest BCUT2D eigenvalue weighted by atomic mass is 9.97. The lowest BCUT2D eigenvalue weighted by Crippen LogP contribution is -2.71. The Kier molecular flexibility index (Phi) is 7.04. The van der Waals surface area contributed by atoms with Crippen LogP contribution in [-0.2, 0) is 9.53 Å². The fourth-order valence-electron chi connectivity index (χ4n) is 4.95. The van der Waals surface area contributed by atoms with Gasteiger partial charge >= 0.3 is 12.1 Å². The monoisotopic (exact) mass is 509 g/mol. The van der Waals surface area contributed by atoms with Crippen LogP contribution in [0.3, 0.4) is 0 Å². The largest absolute Gasteiger partial charge is 0.444 e. The number of likely N-dealkylation sites (N-methyl/N-ethyl adjacent to an activating group) is 1. The third kappa shape index (κ3) is 5.05. The maximum atomic E-state index is 13.9. The smallest absolute Gasteiger partial charge is 0.407 e. The van der Waals surface area contributed by atoms with Crippen LogP contribution in [0.15, 0.2) is 29.4 Å². The molecule has 0 aliphatic carbocycles. The van der Waals surface area contributed by atoms with E-state index in [9.17, 15) is 14.4 Å². The van der Waals surface area contributed by atoms with Gasteiger partial charge in [-0.15, -0.1) is 5.92 Å². The second-order valence-electron chi connectivity index (χ2n) is 10.6. The Bertz CT molecular complexity index is 1150. The number of hydrogen-bond donors (Lipinski definition) is 1. The number of pyridine rings is 1. The molecule has 4 amide bonds. The Morgan fingerprint density at radius 3 is 2.70 bits per heavy atom. The van der Waals surface area contributed by atoms with Crippen molar-refractivity contribution >= 4 is 29.8 Å². The van der Waals surface area contributed by atoms with E-state index in [1.807, 2.05) is 25.7 Å². The molecule has 0 radical (unpaired) electrons. The van der Waals surface area contributed by atoms with Gasteiger partial charge in [-0.25, -0.2) is 24.5 Å². The number of aliphatic imine (C=N–C) groups is 1. The number of rotatable bonds is 3. The Hall–Kier alpha value is -3.81. The molecule has 3 aliphatic rings. The van der Waals surface area contributed by atoms with Gasteiger partial charge in [0.05, 0.1) is 6.54 Å². The van der Waals surface area contributed by atoms with E-state index in [-0.39, 0.29) is 18.4 Å². The summed E-state index contributed by atoms with van der Waals surface area (Å²) < 4.78 is 5.43. The zero-order valence-electron chi connectivity index (χ0n) is 22.3. The quantitative estimate of drug-likeness (QED) is 0.622. The number of hydrogen-bond acceptors (Lipinski definition) is 8. The van der Waals surface area contributed by atoms with Crippen LogP contribution in [0, 0.1) is 11.8 Å². The minimum absolute atomic E-state index is 0.152. The highest BCUT2D eigenvalue weighted by atomic mass is 16.6. The molecule has 1 aromatic rings. The fourth-order valence-corrected chi connectivity index (χ4v) is 4.95. The van der Waals surface area contributed by atoms with Crippen LogP contribution in [0.4, 0.5) is 15.4 Å². The Morgan fingerprint density at radius 2 is 2.05 bits per heavy atom. The zero-order valence-corrected chi connectivity index (χ0v) is 22.3. The molecule has 198 valence electrons. The number of carbonyl (C=O) groups is 3. The van der Waals surface area contributed by atoms with Crippen LogP contribution in [0.25, 0.3) is 0 Å². The molecule has 4 rings (SSSR count). The average Bonchev–Trinajstić information content (AvgIpc) is 3.15. The van der Waals surface area contributed by atoms with Gasteiger partial charge in [0.2, 0.25) is 5.96 Å². The molecule has 11 heteroatoms. The number of guanidine groups is 1. The number of urea groups is 1. The number of likely N-dealkylation sites (tertiary alicyclic amines) is 1. The van der Waals surface area contributed by atoms with Gasteiger partial charge in [0.25, 0.3) is 5.91 Å². The zero-order chi connectivity index (χ0) is 27.0. The fraction of sp³-hybridized carbons (Fsp3) is 0.577. The molecule has 3 aliphatic heterocycles. The number of nitrogens with one attached hydrogen (secondary N) is 1. The molecule has 1 N–H and O–H groups in total. The predicted octanol–water partition coefficient (Wildman–Crippen LogP) is 2.25. The third-order valence-electron chi connectivity index (χ3n) is 6.75. The molecular weight excluding hydrogens is 474 g/mol. The van der Waals surface area contributed by atoms with E-state index < -0.39 is 35.3 Å². The normalized spacial score (nSPS) is 25.8. The van der Waals surface area contributed by atoms with E-state index in [0.717, 1.165) is 17.7 Å². The highest BCUT2D eigenvalue weighted by molar-refractivity contribution is 6.19. The molecule has 1 aromatic heterocycles. The summed E-state index contributed by atoms with van der Waals surface area (Å²) in [6.45, 7) is 10.5. The van der Waals surface area contributed by atoms with E-state index >= 15 is 0 Å². The summed E-state index contributed by atoms with van der Waals surface area (Å²) in [4.78, 5) is 55.4. The van der Waals surface area contributed by atoms with Crippen molar-refractivity contribution in [2.75, 3.05) is 31.6 Å². The average molecular weight is 510 g/mol. The summed E-state index contributed by atoms with van der Waals surface area (Å²) in [5.41, 5.74) is -1.72. The minimum Gasteiger partial charge on any atom is -0.444 e. The third-order valence-corrected chi connectivity index (χ3v) is 6.75. The standard InChI is InChI=1S/C26H35N7O4/c1-7-8-16-32-20-21(34)33(19-13-9-10-14-27-19)24(36)30(6)26(20,5)29-22(32)31-15-11-12-18(17-31)28-23(35)37-25(2,3)4/h9-10,13-14,18,20H,11-12,15-17H2,1-6H3,(H,28,35)/t18-,20?,26?/m1/s1. The van der Waals surface area contributed by atoms with Gasteiger partial charge < -0.3 is 19.9 Å². The Labute approximate surface area is 217 Å². The number of aromatic nitrogens is 1. The summed E-state index contributed by atoms with van der Waals surface area (Å²) in [6, 6.07) is 3.68. The van der Waals surface area contributed by atoms with Gasteiger partial charge in [-0.2, -0.15) is 0 Å². The first kappa shape index (κ1) is 26.3. The second kappa shape index (κ2) is 9.92. The molecular formula is C26H35N7O4. The number of carbonyl (C=O) groups excluding carboxylic acids is 3. The molecule has 11 nitrogen and oxygen atoms in total. The first-order valence-electron chi connectivity index (χ1n) is 12.5. The number of amides is 4. The van der Waals surface area contributed by atoms with Crippen molar-refractivity contribution in [1.29, 1.82) is 0 Å². The summed E-state index contributed by atoms with van der Waals surface area (Å²) in [6.07, 6.45) is 2.69. The van der Waals surface area contributed by atoms with E-state index in [0.29, 0.717) is 19.0 Å². The van der Waals surface area contributed by atoms with Crippen LogP contribution >= 0.6 is 0 Å². The molecule has 2 saturated heterocycles. The number of nitrogens with zero attached hydrogens (tertiary/aromatic N) is 6. The highest BCUT2D eigenvalue weighted by Crippen LogP contribution is 2.39. The maximum Gasteiger partial charge on any atom is 0.407 e. The van der Waals surface area contributed by atoms with Crippen molar-refractivity contribution in [2.24, 2.45) is 4.99 Å². The van der Waals surface area contributed by atoms with E-state index in [4.69, 9.17) is 9.73 Å². The number of ether oxygens (including phenoxy) is 1. The van der Waals surface area contributed by atoms with Crippen LogP contribution in [0.5, 0.6) is 0 Å². The van der Waals surface area contributed by atoms with Gasteiger partial charge in [-0.05, 0) is 59.6 Å². The molecule has 0 spiro atoms. The van der Waals surface area contributed by atoms with Crippen LogP contribution in [0.2, 0.25) is 0 Å². The van der Waals surface area contributed by atoms with Crippen LogP contribution in [-0.4, -0.2) is 93.7 Å². The lowest BCUT2D eigenvalue weighted by Gasteiger charge is -2.46. The number of fused-ring (bicyclic) bond motifs is 1. The molecule has 0 saturated carbocycles. The number of anilines is 1. The lowest BCUT2D eigenvalue weighted by molar-refractivity contribution is -0.127. The predicted molar refractivity (Wildman–Crippen MR) is 139 cm³/mol. The molecule has 2 unspecified atom stereocenters. The maximum absolute atomic E-state index is 13.9. The summed E-state index contributed by atoms with van der Waals surface area (Å²) in [5, 5.41) is 2.96. The minimum atomic E-state index is -1.13. The van der Waals surface area contributed by atoms with Crippen LogP contribution < -0.4 is 10.2 Å². The van der Waals surface area contributed by atoms with Crippen molar-refractivity contribution in [3.63, 3.8) is 0 Å². The molecule has 0 aromatic carbocycles. The van der Waals surface area contributed by atoms with Crippen molar-refractivity contribution in [3.05, 3.63) is 24.4 Å². The van der Waals surface area contributed by atoms with Crippen molar-refractivity contribution in [2.45, 2.75) is 70.8 Å². The van der Waals surface area contributed by atoms with Gasteiger partial charge in [0.1, 0.15) is 11.4 Å². The first-order valence-corrected chi connectivity index (χ1v) is 12.5. The van der Waals surface area contributed by atoms with Crippen molar-refractivity contribution < 1.29 is 19.1 Å². The first-order chi connectivity index (χ1) is 17.5. The van der Waals surface area contributed by atoms with Crippen molar-refractivity contribution in [3.8, 4) is 11.8 Å². The van der Waals surface area contributed by atoms with Gasteiger partial charge in [-0.3, -0.25) is 9.69 Å². The summed E-state index contributed by atoms with van der Waals surface area (Å²) in [7, 11) is 1.65.